The molecule has 0 aromatic heterocycles. The lowest BCUT2D eigenvalue weighted by atomic mass is 9.73. The average Bonchev–Trinajstić information content (AvgIpc) is 3.41. The topological polar surface area (TPSA) is 39.7 Å². The molecule has 9 rings (SSSR count). The fourth-order valence-electron chi connectivity index (χ4n) is 8.51. The highest BCUT2D eigenvalue weighted by molar-refractivity contribution is 6.18. The molecule has 0 saturated carbocycles. The van der Waals surface area contributed by atoms with Crippen molar-refractivity contribution in [3.05, 3.63) is 178 Å². The van der Waals surface area contributed by atoms with Crippen molar-refractivity contribution in [2.75, 3.05) is 0 Å². The summed E-state index contributed by atoms with van der Waals surface area (Å²) in [5.74, 6) is 0.847. The number of aliphatic imine (C=N–C) groups is 1. The summed E-state index contributed by atoms with van der Waals surface area (Å²) in [6, 6.07) is 48.3. The molecule has 47 heavy (non-hydrogen) atoms. The molecule has 0 spiro atoms. The molecular formula is C43H38N4. The van der Waals surface area contributed by atoms with Crippen LogP contribution in [-0.2, 0) is 10.8 Å². The van der Waals surface area contributed by atoms with Crippen molar-refractivity contribution < 1.29 is 0 Å². The summed E-state index contributed by atoms with van der Waals surface area (Å²) in [6.07, 6.45) is -0.396. The van der Waals surface area contributed by atoms with Crippen molar-refractivity contribution in [2.24, 2.45) is 4.99 Å². The smallest absolute Gasteiger partial charge is 0.206 e. The van der Waals surface area contributed by atoms with E-state index in [0.29, 0.717) is 0 Å². The van der Waals surface area contributed by atoms with E-state index in [0.717, 1.165) is 11.5 Å². The Balaban J connectivity index is 1.39. The highest BCUT2D eigenvalue weighted by Crippen LogP contribution is 2.61. The first kappa shape index (κ1) is 28.1. The van der Waals surface area contributed by atoms with Gasteiger partial charge in [0.05, 0.1) is 11.4 Å². The van der Waals surface area contributed by atoms with Crippen LogP contribution in [0, 0.1) is 0 Å². The van der Waals surface area contributed by atoms with Crippen molar-refractivity contribution >= 4 is 28.5 Å². The van der Waals surface area contributed by atoms with E-state index in [1.54, 1.807) is 0 Å². The molecule has 2 N–H and O–H groups in total. The first-order valence-corrected chi connectivity index (χ1v) is 16.6. The van der Waals surface area contributed by atoms with Crippen molar-refractivity contribution in [1.29, 1.82) is 0 Å². The van der Waals surface area contributed by atoms with Gasteiger partial charge in [-0.25, -0.2) is 4.99 Å². The van der Waals surface area contributed by atoms with Crippen molar-refractivity contribution in [3.63, 3.8) is 0 Å². The second-order valence-electron chi connectivity index (χ2n) is 14.1. The summed E-state index contributed by atoms with van der Waals surface area (Å²) in [5, 5.41) is 7.75. The van der Waals surface area contributed by atoms with Gasteiger partial charge in [0.1, 0.15) is 12.3 Å². The van der Waals surface area contributed by atoms with Gasteiger partial charge in [-0.15, -0.1) is 0 Å². The van der Waals surface area contributed by atoms with Gasteiger partial charge in [-0.3, -0.25) is 10.2 Å². The Morgan fingerprint density at radius 2 is 0.936 bits per heavy atom. The Morgan fingerprint density at radius 3 is 1.45 bits per heavy atom. The number of benzene rings is 5. The molecule has 0 fully saturated rings. The summed E-state index contributed by atoms with van der Waals surface area (Å²) in [4.78, 5) is 8.07. The fourth-order valence-corrected chi connectivity index (χ4v) is 8.51. The number of guanidine groups is 1. The molecule has 5 aromatic carbocycles. The number of hydrogen-bond donors (Lipinski definition) is 2. The Kier molecular flexibility index (Phi) is 6.06. The summed E-state index contributed by atoms with van der Waals surface area (Å²) in [6.45, 7) is 9.54. The maximum absolute atomic E-state index is 5.57. The molecule has 2 aliphatic carbocycles. The van der Waals surface area contributed by atoms with Crippen LogP contribution in [0.15, 0.2) is 138 Å². The van der Waals surface area contributed by atoms with E-state index < -0.39 is 0 Å². The Hall–Kier alpha value is -5.19. The zero-order chi connectivity index (χ0) is 31.9. The molecule has 4 heteroatoms. The van der Waals surface area contributed by atoms with Crippen LogP contribution in [0.4, 0.5) is 0 Å². The standard InChI is InChI=1S/C43H38N4/c1-42(2)33-25-15-13-23-31(33)37-35(42)29-21-11-12-22-30(29)36-38(32-24-14-16-26-34(32)43(36,3)4)47(37)41-45-39(27-17-7-5-8-18-27)44-40(46-41)28-19-9-6-10-20-28/h5-26,39-40,44H,1-4H3,(H,45,46). The van der Waals surface area contributed by atoms with Gasteiger partial charge >= 0.3 is 0 Å². The molecule has 0 radical (unpaired) electrons. The third kappa shape index (κ3) is 4.01. The molecule has 2 atom stereocenters. The van der Waals surface area contributed by atoms with Crippen LogP contribution in [0.3, 0.4) is 0 Å². The Bertz CT molecular complexity index is 2050. The van der Waals surface area contributed by atoms with E-state index >= 15 is 0 Å². The van der Waals surface area contributed by atoms with Gasteiger partial charge in [0.2, 0.25) is 5.96 Å². The molecule has 0 saturated heterocycles. The summed E-state index contributed by atoms with van der Waals surface area (Å²) >= 11 is 0. The minimum atomic E-state index is -0.245. The molecule has 2 aliphatic heterocycles. The Labute approximate surface area is 277 Å². The van der Waals surface area contributed by atoms with Crippen LogP contribution in [0.25, 0.3) is 22.5 Å². The second-order valence-corrected chi connectivity index (χ2v) is 14.1. The number of allylic oxidation sites excluding steroid dienone is 2. The number of hydrogen-bond acceptors (Lipinski definition) is 4. The van der Waals surface area contributed by atoms with Crippen LogP contribution in [0.5, 0.6) is 0 Å². The number of nitrogens with zero attached hydrogens (tertiary/aromatic N) is 2. The molecule has 5 aromatic rings. The molecule has 4 nitrogen and oxygen atoms in total. The lowest BCUT2D eigenvalue weighted by Crippen LogP contribution is -2.50. The van der Waals surface area contributed by atoms with Crippen molar-refractivity contribution in [1.82, 2.24) is 15.5 Å². The van der Waals surface area contributed by atoms with E-state index in [-0.39, 0.29) is 23.2 Å². The van der Waals surface area contributed by atoms with E-state index in [4.69, 9.17) is 4.99 Å². The quantitative estimate of drug-likeness (QED) is 0.209. The summed E-state index contributed by atoms with van der Waals surface area (Å²) in [5.41, 5.74) is 14.7. The predicted molar refractivity (Wildman–Crippen MR) is 193 cm³/mol. The molecular weight excluding hydrogens is 573 g/mol. The van der Waals surface area contributed by atoms with Gasteiger partial charge < -0.3 is 5.32 Å². The first-order chi connectivity index (χ1) is 22.9. The third-order valence-corrected chi connectivity index (χ3v) is 10.7. The number of fused-ring (bicyclic) bond motifs is 7. The van der Waals surface area contributed by atoms with Gasteiger partial charge in [0.15, 0.2) is 0 Å². The fraction of sp³-hybridized carbons (Fsp3) is 0.186. The molecule has 0 amide bonds. The normalized spacial score (nSPS) is 21.5. The maximum Gasteiger partial charge on any atom is 0.206 e. The molecule has 2 unspecified atom stereocenters. The van der Waals surface area contributed by atoms with Crippen molar-refractivity contribution in [3.8, 4) is 0 Å². The average molecular weight is 611 g/mol. The maximum atomic E-state index is 5.57. The lowest BCUT2D eigenvalue weighted by Gasteiger charge is -2.38. The Morgan fingerprint density at radius 1 is 0.511 bits per heavy atom. The van der Waals surface area contributed by atoms with Crippen LogP contribution < -0.4 is 10.6 Å². The van der Waals surface area contributed by atoms with Gasteiger partial charge in [-0.1, -0.05) is 161 Å². The van der Waals surface area contributed by atoms with Crippen LogP contribution in [0.2, 0.25) is 0 Å². The van der Waals surface area contributed by atoms with Gasteiger partial charge in [-0.2, -0.15) is 0 Å². The zero-order valence-corrected chi connectivity index (χ0v) is 27.3. The highest BCUT2D eigenvalue weighted by atomic mass is 15.4. The molecule has 230 valence electrons. The zero-order valence-electron chi connectivity index (χ0n) is 27.3. The van der Waals surface area contributed by atoms with Crippen LogP contribution in [-0.4, -0.2) is 10.9 Å². The molecule has 0 bridgehead atoms. The lowest BCUT2D eigenvalue weighted by molar-refractivity contribution is 0.393. The van der Waals surface area contributed by atoms with E-state index in [1.807, 2.05) is 0 Å². The highest BCUT2D eigenvalue weighted by Gasteiger charge is 2.50. The van der Waals surface area contributed by atoms with E-state index in [9.17, 15) is 0 Å². The SMILES string of the molecule is CC1(C)C2=C(c3ccccc31)N(C1=NC(c3ccccc3)NC(c3ccccc3)N1)C1=C(c3ccccc32)C(C)(C)c2ccccc21. The van der Waals surface area contributed by atoms with Gasteiger partial charge in [0, 0.05) is 22.0 Å². The summed E-state index contributed by atoms with van der Waals surface area (Å²) in [7, 11) is 0. The van der Waals surface area contributed by atoms with Crippen molar-refractivity contribution in [2.45, 2.75) is 50.9 Å². The third-order valence-electron chi connectivity index (χ3n) is 10.7. The van der Waals surface area contributed by atoms with Gasteiger partial charge in [0.25, 0.3) is 0 Å². The largest absolute Gasteiger partial charge is 0.336 e. The van der Waals surface area contributed by atoms with Crippen LogP contribution in [0.1, 0.15) is 84.5 Å². The molecule has 2 heterocycles. The van der Waals surface area contributed by atoms with Crippen LogP contribution >= 0.6 is 0 Å². The first-order valence-electron chi connectivity index (χ1n) is 16.6. The minimum Gasteiger partial charge on any atom is -0.336 e. The van der Waals surface area contributed by atoms with Gasteiger partial charge in [-0.05, 0) is 44.5 Å². The molecule has 4 aliphatic rings. The second kappa shape index (κ2) is 10.2. The van der Waals surface area contributed by atoms with E-state index in [1.165, 1.54) is 61.5 Å². The predicted octanol–water partition coefficient (Wildman–Crippen LogP) is 9.27. The number of nitrogens with one attached hydrogen (secondary N) is 2. The van der Waals surface area contributed by atoms with E-state index in [2.05, 4.69) is 177 Å². The minimum absolute atomic E-state index is 0.151. The number of rotatable bonds is 2. The summed E-state index contributed by atoms with van der Waals surface area (Å²) < 4.78 is 0. The monoisotopic (exact) mass is 610 g/mol.